The van der Waals surface area contributed by atoms with Gasteiger partial charge in [0.2, 0.25) is 0 Å². The fourth-order valence-electron chi connectivity index (χ4n) is 2.60. The molecule has 17 heavy (non-hydrogen) atoms. The van der Waals surface area contributed by atoms with Gasteiger partial charge in [-0.05, 0) is 19.9 Å². The first-order valence-electron chi connectivity index (χ1n) is 6.68. The monoisotopic (exact) mass is 251 g/mol. The highest BCUT2D eigenvalue weighted by Crippen LogP contribution is 2.36. The van der Waals surface area contributed by atoms with Gasteiger partial charge in [-0.25, -0.2) is 4.98 Å². The van der Waals surface area contributed by atoms with Gasteiger partial charge >= 0.3 is 0 Å². The van der Waals surface area contributed by atoms with Gasteiger partial charge in [-0.3, -0.25) is 0 Å². The van der Waals surface area contributed by atoms with Crippen molar-refractivity contribution in [2.75, 3.05) is 26.7 Å². The van der Waals surface area contributed by atoms with Crippen LogP contribution in [0.5, 0.6) is 0 Å². The zero-order valence-corrected chi connectivity index (χ0v) is 11.3. The molecule has 1 unspecified atom stereocenters. The van der Waals surface area contributed by atoms with Gasteiger partial charge in [0.1, 0.15) is 0 Å². The molecule has 1 saturated carbocycles. The molecule has 1 aromatic rings. The second-order valence-corrected chi connectivity index (χ2v) is 6.28. The fourth-order valence-corrected chi connectivity index (χ4v) is 3.55. The first-order chi connectivity index (χ1) is 8.33. The molecule has 2 fully saturated rings. The number of nitrogens with one attached hydrogen (secondary N) is 1. The molecule has 0 aromatic carbocycles. The summed E-state index contributed by atoms with van der Waals surface area (Å²) in [4.78, 5) is 7.28. The van der Waals surface area contributed by atoms with Gasteiger partial charge < -0.3 is 10.2 Å². The molecule has 94 valence electrons. The minimum Gasteiger partial charge on any atom is -0.314 e. The Hall–Kier alpha value is -0.450. The number of rotatable bonds is 3. The summed E-state index contributed by atoms with van der Waals surface area (Å²) >= 11 is 1.86. The van der Waals surface area contributed by atoms with E-state index >= 15 is 0 Å². The van der Waals surface area contributed by atoms with E-state index in [1.54, 1.807) is 0 Å². The Labute approximate surface area is 107 Å². The lowest BCUT2D eigenvalue weighted by molar-refractivity contribution is 0.199. The lowest BCUT2D eigenvalue weighted by Gasteiger charge is -2.32. The first-order valence-corrected chi connectivity index (χ1v) is 7.56. The number of hydrogen-bond donors (Lipinski definition) is 1. The highest BCUT2D eigenvalue weighted by molar-refractivity contribution is 7.09. The third kappa shape index (κ3) is 2.54. The Balaban J connectivity index is 1.61. The summed E-state index contributed by atoms with van der Waals surface area (Å²) in [6, 6.07) is 0.629. The summed E-state index contributed by atoms with van der Waals surface area (Å²) < 4.78 is 0. The Morgan fingerprint density at radius 1 is 1.53 bits per heavy atom. The van der Waals surface area contributed by atoms with Crippen molar-refractivity contribution in [2.45, 2.75) is 37.6 Å². The molecule has 0 radical (unpaired) electrons. The molecule has 3 nitrogen and oxygen atoms in total. The summed E-state index contributed by atoms with van der Waals surface area (Å²) in [5.74, 6) is 0.780. The van der Waals surface area contributed by atoms with Crippen LogP contribution in [0.15, 0.2) is 5.38 Å². The molecule has 1 aliphatic carbocycles. The van der Waals surface area contributed by atoms with Gasteiger partial charge in [-0.1, -0.05) is 6.42 Å². The molecule has 0 bridgehead atoms. The largest absolute Gasteiger partial charge is 0.314 e. The van der Waals surface area contributed by atoms with Gasteiger partial charge in [0.25, 0.3) is 0 Å². The topological polar surface area (TPSA) is 28.2 Å². The minimum absolute atomic E-state index is 0.629. The van der Waals surface area contributed by atoms with Gasteiger partial charge in [0, 0.05) is 43.4 Å². The Bertz CT molecular complexity index is 372. The van der Waals surface area contributed by atoms with E-state index < -0.39 is 0 Å². The number of hydrogen-bond acceptors (Lipinski definition) is 4. The molecule has 0 spiro atoms. The van der Waals surface area contributed by atoms with Crippen molar-refractivity contribution in [1.82, 2.24) is 15.2 Å². The van der Waals surface area contributed by atoms with E-state index in [-0.39, 0.29) is 0 Å². The number of thiazole rings is 1. The SMILES string of the molecule is CN1CCNCC1Cc1nc(C2CCC2)cs1. The number of aromatic nitrogens is 1. The van der Waals surface area contributed by atoms with E-state index in [4.69, 9.17) is 4.98 Å². The highest BCUT2D eigenvalue weighted by atomic mass is 32.1. The van der Waals surface area contributed by atoms with E-state index in [2.05, 4.69) is 22.6 Å². The van der Waals surface area contributed by atoms with E-state index in [1.807, 2.05) is 11.3 Å². The lowest BCUT2D eigenvalue weighted by Crippen LogP contribution is -2.50. The molecule has 3 rings (SSSR count). The zero-order valence-electron chi connectivity index (χ0n) is 10.5. The average Bonchev–Trinajstić information content (AvgIpc) is 2.67. The molecular formula is C13H21N3S. The van der Waals surface area contributed by atoms with E-state index in [9.17, 15) is 0 Å². The van der Waals surface area contributed by atoms with Crippen molar-refractivity contribution in [3.05, 3.63) is 16.1 Å². The molecule has 1 aliphatic heterocycles. The van der Waals surface area contributed by atoms with E-state index in [1.165, 1.54) is 30.0 Å². The molecule has 1 aromatic heterocycles. The fraction of sp³-hybridized carbons (Fsp3) is 0.769. The third-order valence-electron chi connectivity index (χ3n) is 4.15. The first kappa shape index (κ1) is 11.6. The Morgan fingerprint density at radius 2 is 2.41 bits per heavy atom. The maximum atomic E-state index is 4.82. The summed E-state index contributed by atoms with van der Waals surface area (Å²) in [6.07, 6.45) is 5.22. The van der Waals surface area contributed by atoms with Crippen molar-refractivity contribution >= 4 is 11.3 Å². The highest BCUT2D eigenvalue weighted by Gasteiger charge is 2.24. The average molecular weight is 251 g/mol. The second-order valence-electron chi connectivity index (χ2n) is 5.34. The maximum absolute atomic E-state index is 4.82. The van der Waals surface area contributed by atoms with Crippen LogP contribution in [0.25, 0.3) is 0 Å². The summed E-state index contributed by atoms with van der Waals surface area (Å²) in [5, 5.41) is 7.09. The van der Waals surface area contributed by atoms with Crippen molar-refractivity contribution in [3.63, 3.8) is 0 Å². The van der Waals surface area contributed by atoms with Crippen LogP contribution in [-0.2, 0) is 6.42 Å². The van der Waals surface area contributed by atoms with Gasteiger partial charge in [0.15, 0.2) is 0 Å². The smallest absolute Gasteiger partial charge is 0.0944 e. The van der Waals surface area contributed by atoms with Crippen LogP contribution in [0.4, 0.5) is 0 Å². The van der Waals surface area contributed by atoms with Crippen LogP contribution in [0.3, 0.4) is 0 Å². The van der Waals surface area contributed by atoms with Crippen molar-refractivity contribution in [1.29, 1.82) is 0 Å². The van der Waals surface area contributed by atoms with Crippen LogP contribution < -0.4 is 5.32 Å². The second kappa shape index (κ2) is 5.04. The van der Waals surface area contributed by atoms with E-state index in [0.717, 1.165) is 32.0 Å². The Morgan fingerprint density at radius 3 is 3.12 bits per heavy atom. The van der Waals surface area contributed by atoms with E-state index in [0.29, 0.717) is 6.04 Å². The van der Waals surface area contributed by atoms with Crippen LogP contribution in [-0.4, -0.2) is 42.6 Å². The van der Waals surface area contributed by atoms with Gasteiger partial charge in [0.05, 0.1) is 10.7 Å². The van der Waals surface area contributed by atoms with Crippen LogP contribution >= 0.6 is 11.3 Å². The normalized spacial score (nSPS) is 27.0. The predicted octanol–water partition coefficient (Wildman–Crippen LogP) is 1.86. The standard InChI is InChI=1S/C13H21N3S/c1-16-6-5-14-8-11(16)7-13-15-12(9-17-13)10-3-2-4-10/h9-11,14H,2-8H2,1H3. The molecular weight excluding hydrogens is 230 g/mol. The summed E-state index contributed by atoms with van der Waals surface area (Å²) in [6.45, 7) is 3.39. The Kier molecular flexibility index (Phi) is 3.45. The number of nitrogens with zero attached hydrogens (tertiary/aromatic N) is 2. The number of piperazine rings is 1. The van der Waals surface area contributed by atoms with Gasteiger partial charge in [-0.2, -0.15) is 0 Å². The molecule has 4 heteroatoms. The molecule has 1 N–H and O–H groups in total. The molecule has 2 aliphatic rings. The number of likely N-dealkylation sites (N-methyl/N-ethyl adjacent to an activating group) is 1. The molecule has 1 saturated heterocycles. The van der Waals surface area contributed by atoms with Gasteiger partial charge in [-0.15, -0.1) is 11.3 Å². The molecule has 1 atom stereocenters. The van der Waals surface area contributed by atoms with Crippen molar-refractivity contribution < 1.29 is 0 Å². The maximum Gasteiger partial charge on any atom is 0.0944 e. The molecule has 0 amide bonds. The minimum atomic E-state index is 0.629. The van der Waals surface area contributed by atoms with Crippen LogP contribution in [0.1, 0.15) is 35.9 Å². The summed E-state index contributed by atoms with van der Waals surface area (Å²) in [5.41, 5.74) is 1.36. The van der Waals surface area contributed by atoms with Crippen LogP contribution in [0.2, 0.25) is 0 Å². The molecule has 2 heterocycles. The third-order valence-corrected chi connectivity index (χ3v) is 5.04. The van der Waals surface area contributed by atoms with Crippen LogP contribution in [0, 0.1) is 0 Å². The lowest BCUT2D eigenvalue weighted by atomic mass is 9.83. The van der Waals surface area contributed by atoms with Crippen molar-refractivity contribution in [3.8, 4) is 0 Å². The summed E-state index contributed by atoms with van der Waals surface area (Å²) in [7, 11) is 2.23. The van der Waals surface area contributed by atoms with Crippen molar-refractivity contribution in [2.24, 2.45) is 0 Å². The predicted molar refractivity (Wildman–Crippen MR) is 71.7 cm³/mol. The quantitative estimate of drug-likeness (QED) is 0.889. The zero-order chi connectivity index (χ0) is 11.7.